The molecule has 1 fully saturated rings. The van der Waals surface area contributed by atoms with E-state index in [2.05, 4.69) is 14.6 Å². The Labute approximate surface area is 134 Å². The van der Waals surface area contributed by atoms with Gasteiger partial charge in [-0.05, 0) is 43.4 Å². The summed E-state index contributed by atoms with van der Waals surface area (Å²) in [5.74, 6) is 0.441. The first-order valence-electron chi connectivity index (χ1n) is 7.53. The number of para-hydroxylation sites is 1. The predicted molar refractivity (Wildman–Crippen MR) is 89.2 cm³/mol. The molecule has 1 aliphatic rings. The summed E-state index contributed by atoms with van der Waals surface area (Å²) < 4.78 is 9.73. The molecule has 0 spiro atoms. The fourth-order valence-corrected chi connectivity index (χ4v) is 3.37. The Morgan fingerprint density at radius 3 is 2.73 bits per heavy atom. The molecule has 0 atom stereocenters. The third kappa shape index (κ3) is 3.06. The molecule has 1 aliphatic heterocycles. The summed E-state index contributed by atoms with van der Waals surface area (Å²) >= 11 is 1.31. The van der Waals surface area contributed by atoms with Crippen molar-refractivity contribution < 1.29 is 9.53 Å². The number of hydrogen-bond donors (Lipinski definition) is 1. The van der Waals surface area contributed by atoms with Crippen LogP contribution in [0.2, 0.25) is 0 Å². The van der Waals surface area contributed by atoms with Gasteiger partial charge < -0.3 is 15.0 Å². The number of esters is 1. The van der Waals surface area contributed by atoms with Crippen molar-refractivity contribution in [3.8, 4) is 0 Å². The van der Waals surface area contributed by atoms with Gasteiger partial charge in [0.1, 0.15) is 10.6 Å². The molecule has 3 rings (SSSR count). The lowest BCUT2D eigenvalue weighted by Gasteiger charge is -2.16. The molecular formula is C16H19N3O2S. The lowest BCUT2D eigenvalue weighted by atomic mass is 10.2. The van der Waals surface area contributed by atoms with Crippen molar-refractivity contribution in [2.24, 2.45) is 0 Å². The van der Waals surface area contributed by atoms with Crippen LogP contribution in [0.3, 0.4) is 0 Å². The van der Waals surface area contributed by atoms with Crippen LogP contribution >= 0.6 is 11.5 Å². The van der Waals surface area contributed by atoms with Crippen molar-refractivity contribution in [2.75, 3.05) is 29.9 Å². The van der Waals surface area contributed by atoms with E-state index in [0.29, 0.717) is 12.2 Å². The Kier molecular flexibility index (Phi) is 4.58. The van der Waals surface area contributed by atoms with E-state index >= 15 is 0 Å². The number of nitrogens with one attached hydrogen (secondary N) is 1. The molecule has 5 nitrogen and oxygen atoms in total. The molecule has 22 heavy (non-hydrogen) atoms. The molecule has 116 valence electrons. The lowest BCUT2D eigenvalue weighted by molar-refractivity contribution is 0.0528. The minimum absolute atomic E-state index is 0.309. The van der Waals surface area contributed by atoms with Gasteiger partial charge in [0.05, 0.1) is 6.61 Å². The van der Waals surface area contributed by atoms with Crippen molar-refractivity contribution >= 4 is 34.0 Å². The Morgan fingerprint density at radius 2 is 2.05 bits per heavy atom. The predicted octanol–water partition coefficient (Wildman–Crippen LogP) is 3.66. The van der Waals surface area contributed by atoms with Crippen LogP contribution in [0.4, 0.5) is 16.5 Å². The van der Waals surface area contributed by atoms with Gasteiger partial charge in [0.15, 0.2) is 5.82 Å². The second-order valence-electron chi connectivity index (χ2n) is 5.12. The highest BCUT2D eigenvalue weighted by Gasteiger charge is 2.27. The normalized spacial score (nSPS) is 14.1. The summed E-state index contributed by atoms with van der Waals surface area (Å²) in [5, 5.41) is 4.03. The molecule has 2 heterocycles. The molecule has 1 aromatic heterocycles. The second kappa shape index (κ2) is 6.79. The number of nitrogens with zero attached hydrogens (tertiary/aromatic N) is 2. The number of carbonyl (C=O) groups excluding carboxylic acids is 1. The number of hydrogen-bond acceptors (Lipinski definition) is 6. The van der Waals surface area contributed by atoms with Gasteiger partial charge in [-0.1, -0.05) is 18.2 Å². The van der Waals surface area contributed by atoms with E-state index in [1.807, 2.05) is 37.3 Å². The standard InChI is InChI=1S/C16H19N3O2S/c1-2-21-16(20)13-14(19-10-6-7-11-19)18-22-15(13)17-12-8-4-3-5-9-12/h3-5,8-9,17H,2,6-7,10-11H2,1H3. The van der Waals surface area contributed by atoms with Crippen LogP contribution in [0, 0.1) is 0 Å². The first-order valence-corrected chi connectivity index (χ1v) is 8.30. The number of aromatic nitrogens is 1. The maximum atomic E-state index is 12.4. The van der Waals surface area contributed by atoms with Gasteiger partial charge in [-0.15, -0.1) is 0 Å². The fraction of sp³-hybridized carbons (Fsp3) is 0.375. The summed E-state index contributed by atoms with van der Waals surface area (Å²) in [6, 6.07) is 9.79. The Balaban J connectivity index is 1.93. The topological polar surface area (TPSA) is 54.5 Å². The van der Waals surface area contributed by atoms with Gasteiger partial charge in [-0.2, -0.15) is 4.37 Å². The molecule has 1 aromatic carbocycles. The van der Waals surface area contributed by atoms with E-state index in [1.165, 1.54) is 11.5 Å². The van der Waals surface area contributed by atoms with E-state index in [-0.39, 0.29) is 5.97 Å². The SMILES string of the molecule is CCOC(=O)c1c(N2CCCC2)nsc1Nc1ccccc1. The Hall–Kier alpha value is -2.08. The number of rotatable bonds is 5. The van der Waals surface area contributed by atoms with Crippen LogP contribution in [0.25, 0.3) is 0 Å². The van der Waals surface area contributed by atoms with Gasteiger partial charge in [-0.25, -0.2) is 4.79 Å². The van der Waals surface area contributed by atoms with Gasteiger partial charge >= 0.3 is 5.97 Å². The van der Waals surface area contributed by atoms with Crippen molar-refractivity contribution in [3.63, 3.8) is 0 Å². The molecule has 0 radical (unpaired) electrons. The van der Waals surface area contributed by atoms with E-state index < -0.39 is 0 Å². The molecule has 2 aromatic rings. The van der Waals surface area contributed by atoms with Crippen molar-refractivity contribution in [1.82, 2.24) is 4.37 Å². The van der Waals surface area contributed by atoms with E-state index in [4.69, 9.17) is 4.74 Å². The summed E-state index contributed by atoms with van der Waals surface area (Å²) in [7, 11) is 0. The highest BCUT2D eigenvalue weighted by Crippen LogP contribution is 2.35. The fourth-order valence-electron chi connectivity index (χ4n) is 2.55. The molecule has 1 saturated heterocycles. The summed E-state index contributed by atoms with van der Waals surface area (Å²) in [5.41, 5.74) is 1.49. The van der Waals surface area contributed by atoms with Crippen molar-refractivity contribution in [3.05, 3.63) is 35.9 Å². The second-order valence-corrected chi connectivity index (χ2v) is 5.89. The van der Waals surface area contributed by atoms with Crippen molar-refractivity contribution in [1.29, 1.82) is 0 Å². The summed E-state index contributed by atoms with van der Waals surface area (Å²) in [6.45, 7) is 4.07. The van der Waals surface area contributed by atoms with E-state index in [9.17, 15) is 4.79 Å². The minimum Gasteiger partial charge on any atom is -0.462 e. The molecular weight excluding hydrogens is 298 g/mol. The minimum atomic E-state index is -0.309. The Morgan fingerprint density at radius 1 is 1.32 bits per heavy atom. The van der Waals surface area contributed by atoms with Crippen LogP contribution in [0.5, 0.6) is 0 Å². The maximum Gasteiger partial charge on any atom is 0.345 e. The van der Waals surface area contributed by atoms with Gasteiger partial charge in [0.2, 0.25) is 0 Å². The molecule has 0 amide bonds. The average Bonchev–Trinajstić information content (AvgIpc) is 3.17. The van der Waals surface area contributed by atoms with Crippen LogP contribution in [0.15, 0.2) is 30.3 Å². The lowest BCUT2D eigenvalue weighted by Crippen LogP contribution is -2.21. The molecule has 0 unspecified atom stereocenters. The third-order valence-corrected chi connectivity index (χ3v) is 4.34. The van der Waals surface area contributed by atoms with Crippen LogP contribution in [0.1, 0.15) is 30.1 Å². The first kappa shape index (κ1) is 14.8. The quantitative estimate of drug-likeness (QED) is 0.853. The molecule has 0 bridgehead atoms. The number of anilines is 3. The van der Waals surface area contributed by atoms with Crippen LogP contribution in [-0.4, -0.2) is 30.0 Å². The molecule has 0 saturated carbocycles. The zero-order valence-corrected chi connectivity index (χ0v) is 13.4. The van der Waals surface area contributed by atoms with E-state index in [0.717, 1.165) is 42.4 Å². The highest BCUT2D eigenvalue weighted by atomic mass is 32.1. The largest absolute Gasteiger partial charge is 0.462 e. The molecule has 0 aliphatic carbocycles. The zero-order chi connectivity index (χ0) is 15.4. The maximum absolute atomic E-state index is 12.4. The van der Waals surface area contributed by atoms with Gasteiger partial charge in [-0.3, -0.25) is 0 Å². The van der Waals surface area contributed by atoms with Gasteiger partial charge in [0.25, 0.3) is 0 Å². The summed E-state index contributed by atoms with van der Waals surface area (Å²) in [4.78, 5) is 14.5. The zero-order valence-electron chi connectivity index (χ0n) is 12.5. The van der Waals surface area contributed by atoms with Gasteiger partial charge in [0, 0.05) is 18.8 Å². The smallest absolute Gasteiger partial charge is 0.345 e. The third-order valence-electron chi connectivity index (χ3n) is 3.59. The monoisotopic (exact) mass is 317 g/mol. The number of carbonyl (C=O) groups is 1. The van der Waals surface area contributed by atoms with Crippen LogP contribution < -0.4 is 10.2 Å². The van der Waals surface area contributed by atoms with E-state index in [1.54, 1.807) is 0 Å². The highest BCUT2D eigenvalue weighted by molar-refractivity contribution is 7.11. The number of benzene rings is 1. The van der Waals surface area contributed by atoms with Crippen molar-refractivity contribution in [2.45, 2.75) is 19.8 Å². The van der Waals surface area contributed by atoms with Crippen LogP contribution in [-0.2, 0) is 4.74 Å². The first-order chi connectivity index (χ1) is 10.8. The summed E-state index contributed by atoms with van der Waals surface area (Å²) in [6.07, 6.45) is 2.28. The molecule has 6 heteroatoms. The Bertz CT molecular complexity index is 636. The number of ether oxygens (including phenoxy) is 1. The molecule has 1 N–H and O–H groups in total. The average molecular weight is 317 g/mol.